The molecule has 84 valence electrons. The van der Waals surface area contributed by atoms with Crippen LogP contribution in [0.1, 0.15) is 0 Å². The highest BCUT2D eigenvalue weighted by Crippen LogP contribution is 2.30. The Hall–Kier alpha value is -1.68. The summed E-state index contributed by atoms with van der Waals surface area (Å²) in [6.07, 6.45) is 0. The van der Waals surface area contributed by atoms with E-state index in [2.05, 4.69) is 25.9 Å². The first kappa shape index (κ1) is 10.5. The molecule has 0 aliphatic rings. The van der Waals surface area contributed by atoms with Gasteiger partial charge in [-0.3, -0.25) is 0 Å². The third kappa shape index (κ3) is 1.65. The smallest absolute Gasteiger partial charge is 0.146 e. The van der Waals surface area contributed by atoms with E-state index in [-0.39, 0.29) is 0 Å². The molecule has 0 unspecified atom stereocenters. The predicted octanol–water partition coefficient (Wildman–Crippen LogP) is 3.55. The monoisotopic (exact) mass is 288 g/mol. The number of methoxy groups -OCH3 is 1. The van der Waals surface area contributed by atoms with Gasteiger partial charge in [-0.25, -0.2) is 9.97 Å². The largest absolute Gasteiger partial charge is 0.494 e. The zero-order valence-electron chi connectivity index (χ0n) is 9.14. The number of hydrogen-bond donors (Lipinski definition) is 0. The molecule has 0 fully saturated rings. The molecule has 3 rings (SSSR count). The first-order valence-corrected chi connectivity index (χ1v) is 5.98. The van der Waals surface area contributed by atoms with E-state index >= 15 is 0 Å². The minimum absolute atomic E-state index is 0.737. The van der Waals surface area contributed by atoms with E-state index in [9.17, 15) is 0 Å². The normalized spacial score (nSPS) is 10.9. The first-order chi connectivity index (χ1) is 8.29. The third-order valence-electron chi connectivity index (χ3n) is 2.63. The zero-order chi connectivity index (χ0) is 11.8. The van der Waals surface area contributed by atoms with Crippen molar-refractivity contribution >= 4 is 38.0 Å². The number of ether oxygens (including phenoxy) is 1. The average Bonchev–Trinajstić information content (AvgIpc) is 2.38. The molecule has 2 aromatic carbocycles. The number of halogens is 1. The average molecular weight is 289 g/mol. The maximum Gasteiger partial charge on any atom is 0.146 e. The maximum atomic E-state index is 5.31. The Kier molecular flexibility index (Phi) is 2.44. The van der Waals surface area contributed by atoms with E-state index in [0.717, 1.165) is 32.3 Å². The van der Waals surface area contributed by atoms with Gasteiger partial charge in [-0.1, -0.05) is 12.1 Å². The standard InChI is InChI=1S/C13H9BrN2O/c1-17-11-7-6-8(14)12-13(11)16-10-5-3-2-4-9(10)15-12/h2-7H,1H3. The van der Waals surface area contributed by atoms with Gasteiger partial charge in [0.1, 0.15) is 16.8 Å². The second-order valence-electron chi connectivity index (χ2n) is 3.66. The van der Waals surface area contributed by atoms with Gasteiger partial charge < -0.3 is 4.74 Å². The van der Waals surface area contributed by atoms with E-state index in [1.807, 2.05) is 36.4 Å². The van der Waals surface area contributed by atoms with Gasteiger partial charge in [0.2, 0.25) is 0 Å². The molecular formula is C13H9BrN2O. The molecule has 17 heavy (non-hydrogen) atoms. The summed E-state index contributed by atoms with van der Waals surface area (Å²) in [6.45, 7) is 0. The number of fused-ring (bicyclic) bond motifs is 2. The molecule has 3 nitrogen and oxygen atoms in total. The van der Waals surface area contributed by atoms with E-state index < -0.39 is 0 Å². The lowest BCUT2D eigenvalue weighted by molar-refractivity contribution is 0.419. The topological polar surface area (TPSA) is 35.0 Å². The van der Waals surface area contributed by atoms with Crippen LogP contribution in [0.4, 0.5) is 0 Å². The van der Waals surface area contributed by atoms with Crippen molar-refractivity contribution in [3.63, 3.8) is 0 Å². The van der Waals surface area contributed by atoms with Crippen molar-refractivity contribution in [1.82, 2.24) is 9.97 Å². The van der Waals surface area contributed by atoms with Gasteiger partial charge in [0.15, 0.2) is 0 Å². The summed E-state index contributed by atoms with van der Waals surface area (Å²) in [5.41, 5.74) is 3.36. The molecule has 0 N–H and O–H groups in total. The highest BCUT2D eigenvalue weighted by atomic mass is 79.9. The van der Waals surface area contributed by atoms with Crippen LogP contribution in [0, 0.1) is 0 Å². The van der Waals surface area contributed by atoms with Gasteiger partial charge in [0, 0.05) is 4.47 Å². The SMILES string of the molecule is COc1ccc(Br)c2nc3ccccc3nc12. The molecule has 0 saturated carbocycles. The van der Waals surface area contributed by atoms with Crippen molar-refractivity contribution in [1.29, 1.82) is 0 Å². The Labute approximate surface area is 107 Å². The molecule has 0 atom stereocenters. The minimum atomic E-state index is 0.737. The Bertz CT molecular complexity index is 712. The zero-order valence-corrected chi connectivity index (χ0v) is 10.7. The molecule has 3 aromatic rings. The van der Waals surface area contributed by atoms with Crippen molar-refractivity contribution in [2.75, 3.05) is 7.11 Å². The Morgan fingerprint density at radius 2 is 1.59 bits per heavy atom. The summed E-state index contributed by atoms with van der Waals surface area (Å²) in [4.78, 5) is 9.19. The van der Waals surface area contributed by atoms with Crippen LogP contribution in [0.5, 0.6) is 5.75 Å². The number of nitrogens with zero attached hydrogens (tertiary/aromatic N) is 2. The molecule has 0 radical (unpaired) electrons. The fraction of sp³-hybridized carbons (Fsp3) is 0.0769. The van der Waals surface area contributed by atoms with Gasteiger partial charge in [-0.15, -0.1) is 0 Å². The summed E-state index contributed by atoms with van der Waals surface area (Å²) in [7, 11) is 1.64. The van der Waals surface area contributed by atoms with Crippen molar-refractivity contribution < 1.29 is 4.74 Å². The van der Waals surface area contributed by atoms with Crippen LogP contribution < -0.4 is 4.74 Å². The van der Waals surface area contributed by atoms with E-state index in [0.29, 0.717) is 0 Å². The predicted molar refractivity (Wildman–Crippen MR) is 71.3 cm³/mol. The van der Waals surface area contributed by atoms with Crippen molar-refractivity contribution in [2.24, 2.45) is 0 Å². The number of rotatable bonds is 1. The minimum Gasteiger partial charge on any atom is -0.494 e. The molecule has 0 spiro atoms. The highest BCUT2D eigenvalue weighted by Gasteiger charge is 2.09. The number of hydrogen-bond acceptors (Lipinski definition) is 3. The van der Waals surface area contributed by atoms with Crippen LogP contribution in [0.3, 0.4) is 0 Å². The number of benzene rings is 2. The maximum absolute atomic E-state index is 5.31. The van der Waals surface area contributed by atoms with Crippen LogP contribution in [0.25, 0.3) is 22.1 Å². The molecule has 0 saturated heterocycles. The van der Waals surface area contributed by atoms with E-state index in [1.54, 1.807) is 7.11 Å². The van der Waals surface area contributed by atoms with Crippen molar-refractivity contribution in [2.45, 2.75) is 0 Å². The lowest BCUT2D eigenvalue weighted by atomic mass is 10.2. The quantitative estimate of drug-likeness (QED) is 0.642. The summed E-state index contributed by atoms with van der Waals surface area (Å²) in [5.74, 6) is 0.737. The fourth-order valence-electron chi connectivity index (χ4n) is 1.81. The Morgan fingerprint density at radius 1 is 0.941 bits per heavy atom. The number of aromatic nitrogens is 2. The van der Waals surface area contributed by atoms with E-state index in [1.165, 1.54) is 0 Å². The van der Waals surface area contributed by atoms with Crippen molar-refractivity contribution in [3.05, 3.63) is 40.9 Å². The molecular weight excluding hydrogens is 280 g/mol. The summed E-state index contributed by atoms with van der Waals surface area (Å²) in [6, 6.07) is 11.6. The molecule has 1 heterocycles. The van der Waals surface area contributed by atoms with Crippen LogP contribution in [-0.4, -0.2) is 17.1 Å². The van der Waals surface area contributed by atoms with Gasteiger partial charge in [-0.2, -0.15) is 0 Å². The van der Waals surface area contributed by atoms with Gasteiger partial charge in [0.25, 0.3) is 0 Å². The second kappa shape index (κ2) is 3.96. The van der Waals surface area contributed by atoms with Crippen LogP contribution >= 0.6 is 15.9 Å². The van der Waals surface area contributed by atoms with Crippen LogP contribution in [0.15, 0.2) is 40.9 Å². The molecule has 0 amide bonds. The Balaban J connectivity index is 2.50. The molecule has 4 heteroatoms. The molecule has 0 bridgehead atoms. The van der Waals surface area contributed by atoms with Gasteiger partial charge in [0.05, 0.1) is 18.1 Å². The summed E-state index contributed by atoms with van der Waals surface area (Å²) >= 11 is 3.49. The first-order valence-electron chi connectivity index (χ1n) is 5.18. The van der Waals surface area contributed by atoms with Gasteiger partial charge in [-0.05, 0) is 40.2 Å². The summed E-state index contributed by atoms with van der Waals surface area (Å²) < 4.78 is 6.23. The van der Waals surface area contributed by atoms with E-state index in [4.69, 9.17) is 4.74 Å². The molecule has 1 aromatic heterocycles. The van der Waals surface area contributed by atoms with Crippen LogP contribution in [0.2, 0.25) is 0 Å². The summed E-state index contributed by atoms with van der Waals surface area (Å²) in [5, 5.41) is 0. The molecule has 0 aliphatic carbocycles. The second-order valence-corrected chi connectivity index (χ2v) is 4.51. The molecule has 0 aliphatic heterocycles. The lowest BCUT2D eigenvalue weighted by Gasteiger charge is -2.06. The number of para-hydroxylation sites is 2. The van der Waals surface area contributed by atoms with Gasteiger partial charge >= 0.3 is 0 Å². The van der Waals surface area contributed by atoms with Crippen molar-refractivity contribution in [3.8, 4) is 5.75 Å². The lowest BCUT2D eigenvalue weighted by Crippen LogP contribution is -1.92. The fourth-order valence-corrected chi connectivity index (χ4v) is 2.22. The van der Waals surface area contributed by atoms with Crippen LogP contribution in [-0.2, 0) is 0 Å². The highest BCUT2D eigenvalue weighted by molar-refractivity contribution is 9.10. The third-order valence-corrected chi connectivity index (χ3v) is 3.27. The Morgan fingerprint density at radius 3 is 2.24 bits per heavy atom.